The number of rotatable bonds is 9. The van der Waals surface area contributed by atoms with Gasteiger partial charge in [-0.05, 0) is 30.2 Å². The van der Waals surface area contributed by atoms with Crippen LogP contribution in [0.4, 0.5) is 5.69 Å². The summed E-state index contributed by atoms with van der Waals surface area (Å²) in [5, 5.41) is 17.6. The Labute approximate surface area is 197 Å². The van der Waals surface area contributed by atoms with E-state index in [9.17, 15) is 18.5 Å². The van der Waals surface area contributed by atoms with Crippen LogP contribution in [0, 0.1) is 10.1 Å². The Bertz CT molecular complexity index is 971. The van der Waals surface area contributed by atoms with Gasteiger partial charge in [0.1, 0.15) is 0 Å². The van der Waals surface area contributed by atoms with Gasteiger partial charge in [0.2, 0.25) is 10.0 Å². The maximum atomic E-state index is 12.3. The Morgan fingerprint density at radius 3 is 2.40 bits per heavy atom. The number of aliphatic imine (C=N–C) groups is 1. The minimum absolute atomic E-state index is 0. The van der Waals surface area contributed by atoms with Crippen LogP contribution in [0.1, 0.15) is 5.56 Å². The lowest BCUT2D eigenvalue weighted by Crippen LogP contribution is -2.42. The molecule has 3 N–H and O–H groups in total. The first-order valence-corrected chi connectivity index (χ1v) is 10.6. The molecule has 0 saturated carbocycles. The number of non-ortho nitro benzene ring substituents is 1. The predicted octanol–water partition coefficient (Wildman–Crippen LogP) is 2.55. The van der Waals surface area contributed by atoms with Gasteiger partial charge < -0.3 is 10.6 Å². The van der Waals surface area contributed by atoms with E-state index in [1.165, 1.54) is 18.2 Å². The van der Waals surface area contributed by atoms with Crippen LogP contribution >= 0.6 is 35.6 Å². The van der Waals surface area contributed by atoms with Gasteiger partial charge in [0.25, 0.3) is 5.69 Å². The molecule has 2 aromatic carbocycles. The Balaban J connectivity index is 0.00000450. The molecular formula is C18H23ClIN5O4S. The van der Waals surface area contributed by atoms with Gasteiger partial charge in [-0.2, -0.15) is 0 Å². The number of nitro benzene ring substituents is 1. The zero-order valence-corrected chi connectivity index (χ0v) is 20.1. The lowest BCUT2D eigenvalue weighted by atomic mass is 10.1. The third kappa shape index (κ3) is 8.42. The molecule has 0 fully saturated rings. The molecule has 9 nitrogen and oxygen atoms in total. The van der Waals surface area contributed by atoms with E-state index in [1.807, 2.05) is 24.3 Å². The number of guanidine groups is 1. The topological polar surface area (TPSA) is 126 Å². The lowest BCUT2D eigenvalue weighted by Gasteiger charge is -2.12. The first-order valence-electron chi connectivity index (χ1n) is 8.75. The number of sulfonamides is 1. The fraction of sp³-hybridized carbons (Fsp3) is 0.278. The van der Waals surface area contributed by atoms with Gasteiger partial charge in [0.05, 0.1) is 9.82 Å². The summed E-state index contributed by atoms with van der Waals surface area (Å²) in [7, 11) is -2.23. The van der Waals surface area contributed by atoms with Crippen molar-refractivity contribution in [3.05, 3.63) is 69.2 Å². The van der Waals surface area contributed by atoms with Crippen molar-refractivity contribution in [1.29, 1.82) is 0 Å². The molecule has 0 aliphatic heterocycles. The largest absolute Gasteiger partial charge is 0.356 e. The Morgan fingerprint density at radius 1 is 1.10 bits per heavy atom. The average Bonchev–Trinajstić information content (AvgIpc) is 2.71. The van der Waals surface area contributed by atoms with Crippen LogP contribution in [0.5, 0.6) is 0 Å². The summed E-state index contributed by atoms with van der Waals surface area (Å²) in [6.45, 7) is 1.01. The second-order valence-corrected chi connectivity index (χ2v) is 8.16. The second-order valence-electron chi connectivity index (χ2n) is 5.95. The van der Waals surface area contributed by atoms with Gasteiger partial charge in [0, 0.05) is 43.8 Å². The fourth-order valence-electron chi connectivity index (χ4n) is 2.41. The molecule has 0 aliphatic rings. The van der Waals surface area contributed by atoms with Crippen molar-refractivity contribution in [3.63, 3.8) is 0 Å². The number of hydrogen-bond acceptors (Lipinski definition) is 5. The zero-order chi connectivity index (χ0) is 21.3. The van der Waals surface area contributed by atoms with E-state index in [4.69, 9.17) is 11.6 Å². The van der Waals surface area contributed by atoms with Crippen molar-refractivity contribution in [2.75, 3.05) is 26.7 Å². The van der Waals surface area contributed by atoms with Crippen molar-refractivity contribution in [3.8, 4) is 0 Å². The molecular weight excluding hydrogens is 545 g/mol. The van der Waals surface area contributed by atoms with Crippen molar-refractivity contribution >= 4 is 57.2 Å². The highest BCUT2D eigenvalue weighted by molar-refractivity contribution is 14.0. The average molecular weight is 568 g/mol. The molecule has 0 aliphatic carbocycles. The number of hydrogen-bond donors (Lipinski definition) is 3. The van der Waals surface area contributed by atoms with E-state index in [-0.39, 0.29) is 47.6 Å². The molecule has 0 bridgehead atoms. The first kappa shape index (κ1) is 26.1. The van der Waals surface area contributed by atoms with Crippen LogP contribution in [0.15, 0.2) is 58.4 Å². The van der Waals surface area contributed by atoms with Crippen molar-refractivity contribution in [1.82, 2.24) is 15.4 Å². The third-order valence-corrected chi connectivity index (χ3v) is 5.60. The Morgan fingerprint density at radius 2 is 1.77 bits per heavy atom. The molecule has 0 aromatic heterocycles. The van der Waals surface area contributed by atoms with Gasteiger partial charge in [-0.15, -0.1) is 24.0 Å². The number of nitro groups is 1. The van der Waals surface area contributed by atoms with Crippen LogP contribution in [0.3, 0.4) is 0 Å². The van der Waals surface area contributed by atoms with Crippen LogP contribution in [-0.2, 0) is 16.4 Å². The van der Waals surface area contributed by atoms with Gasteiger partial charge in [-0.3, -0.25) is 15.1 Å². The molecule has 12 heteroatoms. The van der Waals surface area contributed by atoms with Gasteiger partial charge in [-0.1, -0.05) is 29.8 Å². The Kier molecular flexibility index (Phi) is 11.0. The minimum atomic E-state index is -3.84. The molecule has 0 atom stereocenters. The molecule has 30 heavy (non-hydrogen) atoms. The number of nitrogens with zero attached hydrogens (tertiary/aromatic N) is 2. The van der Waals surface area contributed by atoms with Crippen LogP contribution in [-0.4, -0.2) is 46.0 Å². The SMILES string of the molecule is CN=C(NCCNS(=O)(=O)c1cccc([N+](=O)[O-])c1)NCCc1ccc(Cl)cc1.I. The van der Waals surface area contributed by atoms with E-state index in [0.717, 1.165) is 18.1 Å². The highest BCUT2D eigenvalue weighted by Crippen LogP contribution is 2.16. The van der Waals surface area contributed by atoms with E-state index in [1.54, 1.807) is 7.05 Å². The monoisotopic (exact) mass is 567 g/mol. The molecule has 0 amide bonds. The van der Waals surface area contributed by atoms with Crippen LogP contribution < -0.4 is 15.4 Å². The fourth-order valence-corrected chi connectivity index (χ4v) is 3.61. The summed E-state index contributed by atoms with van der Waals surface area (Å²) >= 11 is 5.86. The van der Waals surface area contributed by atoms with Crippen LogP contribution in [0.25, 0.3) is 0 Å². The molecule has 2 aromatic rings. The molecule has 0 heterocycles. The minimum Gasteiger partial charge on any atom is -0.356 e. The molecule has 0 radical (unpaired) electrons. The summed E-state index contributed by atoms with van der Waals surface area (Å²) in [6, 6.07) is 12.4. The summed E-state index contributed by atoms with van der Waals surface area (Å²) < 4.78 is 26.9. The standard InChI is InChI=1S/C18H22ClN5O4S.HI/c1-20-18(21-10-9-14-5-7-15(19)8-6-14)22-11-12-23-29(27,28)17-4-2-3-16(13-17)24(25)26;/h2-8,13,23H,9-12H2,1H3,(H2,20,21,22);1H. The van der Waals surface area contributed by atoms with E-state index >= 15 is 0 Å². The highest BCUT2D eigenvalue weighted by atomic mass is 127. The predicted molar refractivity (Wildman–Crippen MR) is 128 cm³/mol. The van der Waals surface area contributed by atoms with E-state index in [0.29, 0.717) is 17.5 Å². The first-order chi connectivity index (χ1) is 13.8. The maximum Gasteiger partial charge on any atom is 0.270 e. The smallest absolute Gasteiger partial charge is 0.270 e. The quantitative estimate of drug-likeness (QED) is 0.107. The van der Waals surface area contributed by atoms with Gasteiger partial charge in [-0.25, -0.2) is 13.1 Å². The lowest BCUT2D eigenvalue weighted by molar-refractivity contribution is -0.385. The molecule has 164 valence electrons. The summed E-state index contributed by atoms with van der Waals surface area (Å²) in [5.74, 6) is 0.536. The van der Waals surface area contributed by atoms with Crippen molar-refractivity contribution in [2.45, 2.75) is 11.3 Å². The van der Waals surface area contributed by atoms with Gasteiger partial charge in [0.15, 0.2) is 5.96 Å². The number of halogens is 2. The van der Waals surface area contributed by atoms with Crippen molar-refractivity contribution < 1.29 is 13.3 Å². The summed E-state index contributed by atoms with van der Waals surface area (Å²) in [4.78, 5) is 14.1. The molecule has 0 saturated heterocycles. The normalized spacial score (nSPS) is 11.5. The molecule has 0 spiro atoms. The van der Waals surface area contributed by atoms with Gasteiger partial charge >= 0.3 is 0 Å². The van der Waals surface area contributed by atoms with Crippen molar-refractivity contribution in [2.24, 2.45) is 4.99 Å². The second kappa shape index (κ2) is 12.7. The zero-order valence-electron chi connectivity index (χ0n) is 16.2. The van der Waals surface area contributed by atoms with Crippen LogP contribution in [0.2, 0.25) is 5.02 Å². The Hall–Kier alpha value is -1.96. The highest BCUT2D eigenvalue weighted by Gasteiger charge is 2.17. The maximum absolute atomic E-state index is 12.3. The summed E-state index contributed by atoms with van der Waals surface area (Å²) in [6.07, 6.45) is 0.775. The van der Waals surface area contributed by atoms with E-state index in [2.05, 4.69) is 20.3 Å². The molecule has 2 rings (SSSR count). The molecule has 0 unspecified atom stereocenters. The van der Waals surface area contributed by atoms with E-state index < -0.39 is 14.9 Å². The summed E-state index contributed by atoms with van der Waals surface area (Å²) in [5.41, 5.74) is 0.846. The number of benzene rings is 2. The third-order valence-electron chi connectivity index (χ3n) is 3.89. The number of nitrogens with one attached hydrogen (secondary N) is 3.